The van der Waals surface area contributed by atoms with Crippen molar-refractivity contribution in [3.63, 3.8) is 0 Å². The highest BCUT2D eigenvalue weighted by molar-refractivity contribution is 6.89. The number of nitrogens with zero attached hydrogens (tertiary/aromatic N) is 2. The van der Waals surface area contributed by atoms with Gasteiger partial charge in [0, 0.05) is 6.20 Å². The molecule has 0 atom stereocenters. The number of nitriles is 1. The average Bonchev–Trinajstić information content (AvgIpc) is 2.16. The van der Waals surface area contributed by atoms with E-state index in [9.17, 15) is 0 Å². The fraction of sp³-hybridized carbons (Fsp3) is 0.500. The lowest BCUT2D eigenvalue weighted by Crippen LogP contribution is -2.44. The van der Waals surface area contributed by atoms with E-state index in [4.69, 9.17) is 5.26 Å². The van der Waals surface area contributed by atoms with Gasteiger partial charge in [0.1, 0.15) is 0 Å². The summed E-state index contributed by atoms with van der Waals surface area (Å²) in [6.45, 7) is 10.7. The smallest absolute Gasteiger partial charge is 0.0936 e. The molecular formula is C12H18N2Si. The van der Waals surface area contributed by atoms with Gasteiger partial charge in [0.25, 0.3) is 0 Å². The van der Waals surface area contributed by atoms with E-state index in [2.05, 4.69) is 36.8 Å². The van der Waals surface area contributed by atoms with Gasteiger partial charge in [-0.15, -0.1) is 0 Å². The van der Waals surface area contributed by atoms with Crippen LogP contribution in [0.25, 0.3) is 0 Å². The summed E-state index contributed by atoms with van der Waals surface area (Å²) in [5, 5.41) is 10.5. The van der Waals surface area contributed by atoms with Crippen molar-refractivity contribution < 1.29 is 0 Å². The van der Waals surface area contributed by atoms with Crippen LogP contribution >= 0.6 is 0 Å². The van der Waals surface area contributed by atoms with E-state index in [0.29, 0.717) is 0 Å². The Bertz CT molecular complexity index is 397. The van der Waals surface area contributed by atoms with Gasteiger partial charge in [-0.2, -0.15) is 5.26 Å². The predicted octanol–water partition coefficient (Wildman–Crippen LogP) is 2.43. The molecule has 0 aliphatic carbocycles. The van der Waals surface area contributed by atoms with Crippen LogP contribution in [0.1, 0.15) is 19.5 Å². The molecule has 2 nitrogen and oxygen atoms in total. The summed E-state index contributed by atoms with van der Waals surface area (Å²) in [6, 6.07) is 6.41. The Morgan fingerprint density at radius 1 is 1.33 bits per heavy atom. The normalized spacial score (nSPS) is 12.3. The van der Waals surface area contributed by atoms with Crippen LogP contribution in [0.5, 0.6) is 0 Å². The van der Waals surface area contributed by atoms with Crippen LogP contribution in [-0.4, -0.2) is 13.1 Å². The number of hydrogen-bond acceptors (Lipinski definition) is 2. The Morgan fingerprint density at radius 3 is 2.40 bits per heavy atom. The first-order valence-electron chi connectivity index (χ1n) is 5.16. The zero-order valence-electron chi connectivity index (χ0n) is 10.1. The Morgan fingerprint density at radius 2 is 1.93 bits per heavy atom. The molecule has 0 aliphatic heterocycles. The van der Waals surface area contributed by atoms with Crippen molar-refractivity contribution in [2.24, 2.45) is 0 Å². The minimum absolute atomic E-state index is 0.489. The van der Waals surface area contributed by atoms with Gasteiger partial charge in [-0.25, -0.2) is 0 Å². The highest BCUT2D eigenvalue weighted by atomic mass is 28.3. The van der Waals surface area contributed by atoms with Crippen LogP contribution in [-0.2, 0) is 5.41 Å². The number of hydrogen-bond donors (Lipinski definition) is 0. The molecule has 0 N–H and O–H groups in total. The van der Waals surface area contributed by atoms with E-state index in [1.165, 1.54) is 5.19 Å². The summed E-state index contributed by atoms with van der Waals surface area (Å²) < 4.78 is 0. The Kier molecular flexibility index (Phi) is 3.01. The zero-order valence-corrected chi connectivity index (χ0v) is 11.1. The molecule has 0 saturated carbocycles. The molecule has 0 aliphatic rings. The van der Waals surface area contributed by atoms with Gasteiger partial charge in [-0.05, 0) is 25.1 Å². The molecule has 0 radical (unpaired) electrons. The molecule has 1 aromatic heterocycles. The van der Waals surface area contributed by atoms with Crippen molar-refractivity contribution >= 4 is 13.3 Å². The van der Waals surface area contributed by atoms with Gasteiger partial charge in [0.15, 0.2) is 0 Å². The molecule has 1 rings (SSSR count). The quantitative estimate of drug-likeness (QED) is 0.715. The Balaban J connectivity index is 3.39. The van der Waals surface area contributed by atoms with Gasteiger partial charge < -0.3 is 0 Å². The van der Waals surface area contributed by atoms with Crippen LogP contribution in [0.4, 0.5) is 0 Å². The molecule has 80 valence electrons. The topological polar surface area (TPSA) is 36.7 Å². The monoisotopic (exact) mass is 218 g/mol. The third kappa shape index (κ3) is 2.45. The van der Waals surface area contributed by atoms with Crippen molar-refractivity contribution in [1.29, 1.82) is 5.26 Å². The van der Waals surface area contributed by atoms with Gasteiger partial charge in [-0.1, -0.05) is 25.7 Å². The fourth-order valence-electron chi connectivity index (χ4n) is 1.56. The third-order valence-electron chi connectivity index (χ3n) is 2.49. The first-order valence-corrected chi connectivity index (χ1v) is 8.66. The molecule has 0 saturated heterocycles. The minimum atomic E-state index is -1.42. The van der Waals surface area contributed by atoms with E-state index in [0.717, 1.165) is 5.69 Å². The molecule has 1 aromatic rings. The Labute approximate surface area is 93.0 Å². The third-order valence-corrected chi connectivity index (χ3v) is 4.51. The standard InChI is InChI=1S/C12H18N2Si/c1-12(2,9-13)11-10(15(3,4)5)7-6-8-14-11/h6-8H,1-5H3. The molecule has 0 amide bonds. The molecule has 0 fully saturated rings. The summed E-state index contributed by atoms with van der Waals surface area (Å²) in [4.78, 5) is 4.40. The highest BCUT2D eigenvalue weighted by Gasteiger charge is 2.30. The van der Waals surface area contributed by atoms with E-state index >= 15 is 0 Å². The predicted molar refractivity (Wildman–Crippen MR) is 65.9 cm³/mol. The Hall–Kier alpha value is -1.14. The molecule has 0 unspecified atom stereocenters. The van der Waals surface area contributed by atoms with Gasteiger partial charge in [-0.3, -0.25) is 4.98 Å². The molecular weight excluding hydrogens is 200 g/mol. The van der Waals surface area contributed by atoms with E-state index < -0.39 is 13.5 Å². The van der Waals surface area contributed by atoms with Gasteiger partial charge in [0.05, 0.1) is 25.3 Å². The van der Waals surface area contributed by atoms with Gasteiger partial charge in [0.2, 0.25) is 0 Å². The van der Waals surface area contributed by atoms with Crippen LogP contribution in [0.15, 0.2) is 18.3 Å². The molecule has 0 bridgehead atoms. The summed E-state index contributed by atoms with van der Waals surface area (Å²) in [7, 11) is -1.42. The first-order chi connectivity index (χ1) is 6.79. The highest BCUT2D eigenvalue weighted by Crippen LogP contribution is 2.20. The van der Waals surface area contributed by atoms with Crippen LogP contribution in [0, 0.1) is 11.3 Å². The zero-order chi connectivity index (χ0) is 11.7. The molecule has 1 heterocycles. The lowest BCUT2D eigenvalue weighted by atomic mass is 9.91. The summed E-state index contributed by atoms with van der Waals surface area (Å²) in [5.41, 5.74) is 0.461. The van der Waals surface area contributed by atoms with Crippen molar-refractivity contribution in [3.05, 3.63) is 24.0 Å². The van der Waals surface area contributed by atoms with Crippen LogP contribution in [0.3, 0.4) is 0 Å². The van der Waals surface area contributed by atoms with E-state index in [1.807, 2.05) is 19.9 Å². The second-order valence-corrected chi connectivity index (χ2v) is 10.4. The second-order valence-electron chi connectivity index (χ2n) is 5.39. The lowest BCUT2D eigenvalue weighted by Gasteiger charge is -2.25. The summed E-state index contributed by atoms with van der Waals surface area (Å²) >= 11 is 0. The molecule has 0 aromatic carbocycles. The SMILES string of the molecule is CC(C)(C#N)c1ncccc1[Si](C)(C)C. The maximum atomic E-state index is 9.16. The molecule has 0 spiro atoms. The average molecular weight is 218 g/mol. The van der Waals surface area contributed by atoms with Gasteiger partial charge >= 0.3 is 0 Å². The van der Waals surface area contributed by atoms with Crippen LogP contribution in [0.2, 0.25) is 19.6 Å². The largest absolute Gasteiger partial charge is 0.260 e. The minimum Gasteiger partial charge on any atom is -0.260 e. The van der Waals surface area contributed by atoms with Crippen molar-refractivity contribution in [3.8, 4) is 6.07 Å². The number of aromatic nitrogens is 1. The number of pyridine rings is 1. The second kappa shape index (κ2) is 3.78. The molecule has 15 heavy (non-hydrogen) atoms. The van der Waals surface area contributed by atoms with E-state index in [-0.39, 0.29) is 0 Å². The summed E-state index contributed by atoms with van der Waals surface area (Å²) in [6.07, 6.45) is 1.78. The first kappa shape index (κ1) is 11.9. The lowest BCUT2D eigenvalue weighted by molar-refractivity contribution is 0.664. The van der Waals surface area contributed by atoms with Crippen molar-refractivity contribution in [2.75, 3.05) is 0 Å². The maximum absolute atomic E-state index is 9.16. The summed E-state index contributed by atoms with van der Waals surface area (Å²) in [5.74, 6) is 0. The van der Waals surface area contributed by atoms with Crippen molar-refractivity contribution in [1.82, 2.24) is 4.98 Å². The van der Waals surface area contributed by atoms with Crippen LogP contribution < -0.4 is 5.19 Å². The van der Waals surface area contributed by atoms with Crippen molar-refractivity contribution in [2.45, 2.75) is 38.9 Å². The number of rotatable bonds is 2. The van der Waals surface area contributed by atoms with E-state index in [1.54, 1.807) is 6.20 Å². The molecule has 3 heteroatoms. The fourth-order valence-corrected chi connectivity index (χ4v) is 3.25. The maximum Gasteiger partial charge on any atom is 0.0936 e.